The number of likely N-dealkylation sites (tertiary alicyclic amines) is 1. The first-order valence-electron chi connectivity index (χ1n) is 10.4. The van der Waals surface area contributed by atoms with Crippen molar-refractivity contribution in [1.29, 1.82) is 0 Å². The summed E-state index contributed by atoms with van der Waals surface area (Å²) in [6.45, 7) is 1.52. The largest absolute Gasteiger partial charge is 0.342 e. The zero-order valence-corrected chi connectivity index (χ0v) is 16.6. The molecule has 1 aliphatic heterocycles. The number of halogens is 1. The summed E-state index contributed by atoms with van der Waals surface area (Å²) in [6.07, 6.45) is 3.58. The van der Waals surface area contributed by atoms with Gasteiger partial charge in [-0.15, -0.1) is 0 Å². The summed E-state index contributed by atoms with van der Waals surface area (Å²) in [4.78, 5) is 15.0. The highest BCUT2D eigenvalue weighted by atomic mass is 19.1. The Morgan fingerprint density at radius 1 is 0.862 bits per heavy atom. The van der Waals surface area contributed by atoms with Gasteiger partial charge in [0.05, 0.1) is 6.42 Å². The molecule has 3 aromatic carbocycles. The van der Waals surface area contributed by atoms with Crippen molar-refractivity contribution in [3.63, 3.8) is 0 Å². The highest BCUT2D eigenvalue weighted by Gasteiger charge is 2.23. The molecule has 1 saturated heterocycles. The van der Waals surface area contributed by atoms with Gasteiger partial charge < -0.3 is 4.90 Å². The lowest BCUT2D eigenvalue weighted by Gasteiger charge is -2.25. The number of benzene rings is 3. The normalized spacial score (nSPS) is 17.0. The van der Waals surface area contributed by atoms with E-state index in [0.29, 0.717) is 13.0 Å². The Morgan fingerprint density at radius 2 is 1.55 bits per heavy atom. The van der Waals surface area contributed by atoms with Gasteiger partial charge in [0.25, 0.3) is 0 Å². The highest BCUT2D eigenvalue weighted by molar-refractivity contribution is 5.79. The van der Waals surface area contributed by atoms with Gasteiger partial charge >= 0.3 is 0 Å². The minimum absolute atomic E-state index is 0.173. The third-order valence-corrected chi connectivity index (χ3v) is 5.78. The van der Waals surface area contributed by atoms with E-state index in [0.717, 1.165) is 42.5 Å². The van der Waals surface area contributed by atoms with E-state index in [2.05, 4.69) is 36.4 Å². The van der Waals surface area contributed by atoms with Crippen LogP contribution in [0, 0.1) is 5.82 Å². The van der Waals surface area contributed by atoms with Gasteiger partial charge in [-0.2, -0.15) is 0 Å². The van der Waals surface area contributed by atoms with E-state index in [9.17, 15) is 9.18 Å². The van der Waals surface area contributed by atoms with Crippen molar-refractivity contribution < 1.29 is 9.18 Å². The fourth-order valence-corrected chi connectivity index (χ4v) is 4.11. The Bertz CT molecular complexity index is 935. The molecule has 1 aliphatic rings. The third-order valence-electron chi connectivity index (χ3n) is 5.78. The molecule has 148 valence electrons. The summed E-state index contributed by atoms with van der Waals surface area (Å²) in [5.74, 6) is 0.239. The molecule has 3 heteroatoms. The number of nitrogens with zero attached hydrogens (tertiary/aromatic N) is 1. The average molecular weight is 387 g/mol. The van der Waals surface area contributed by atoms with Gasteiger partial charge in [-0.1, -0.05) is 73.2 Å². The molecule has 0 N–H and O–H groups in total. The van der Waals surface area contributed by atoms with Crippen LogP contribution in [0.25, 0.3) is 11.1 Å². The first-order valence-corrected chi connectivity index (χ1v) is 10.4. The Kier molecular flexibility index (Phi) is 6.04. The lowest BCUT2D eigenvalue weighted by molar-refractivity contribution is -0.130. The number of carbonyl (C=O) groups is 1. The summed E-state index contributed by atoms with van der Waals surface area (Å²) in [6, 6.07) is 25.3. The summed E-state index contributed by atoms with van der Waals surface area (Å²) in [5, 5.41) is 0. The van der Waals surface area contributed by atoms with Gasteiger partial charge in [-0.3, -0.25) is 4.79 Å². The summed E-state index contributed by atoms with van der Waals surface area (Å²) in [5.41, 5.74) is 4.50. The molecule has 29 heavy (non-hydrogen) atoms. The van der Waals surface area contributed by atoms with Crippen molar-refractivity contribution in [2.45, 2.75) is 31.6 Å². The molecule has 4 rings (SSSR count). The highest BCUT2D eigenvalue weighted by Crippen LogP contribution is 2.27. The van der Waals surface area contributed by atoms with Crippen molar-refractivity contribution in [3.05, 3.63) is 95.8 Å². The molecule has 0 aliphatic carbocycles. The van der Waals surface area contributed by atoms with Gasteiger partial charge in [0.2, 0.25) is 5.91 Å². The second kappa shape index (κ2) is 9.04. The summed E-state index contributed by atoms with van der Waals surface area (Å²) >= 11 is 0. The lowest BCUT2D eigenvalue weighted by Crippen LogP contribution is -2.35. The summed E-state index contributed by atoms with van der Waals surface area (Å²) < 4.78 is 13.3. The van der Waals surface area contributed by atoms with Gasteiger partial charge in [0.15, 0.2) is 0 Å². The molecule has 1 atom stereocenters. The molecule has 0 radical (unpaired) electrons. The van der Waals surface area contributed by atoms with Crippen LogP contribution in [0.4, 0.5) is 4.39 Å². The van der Waals surface area contributed by atoms with E-state index in [1.54, 1.807) is 0 Å². The predicted octanol–water partition coefficient (Wildman–Crippen LogP) is 5.83. The molecule has 0 saturated carbocycles. The van der Waals surface area contributed by atoms with Crippen LogP contribution in [0.3, 0.4) is 0 Å². The zero-order valence-electron chi connectivity index (χ0n) is 16.6. The van der Waals surface area contributed by atoms with Crippen LogP contribution >= 0.6 is 0 Å². The number of rotatable bonds is 4. The third kappa shape index (κ3) is 4.92. The first-order chi connectivity index (χ1) is 14.2. The molecule has 1 amide bonds. The zero-order chi connectivity index (χ0) is 20.1. The Morgan fingerprint density at radius 3 is 2.28 bits per heavy atom. The van der Waals surface area contributed by atoms with Crippen molar-refractivity contribution in [3.8, 4) is 11.1 Å². The molecular weight excluding hydrogens is 361 g/mol. The molecule has 1 unspecified atom stereocenters. The van der Waals surface area contributed by atoms with Crippen LogP contribution in [0.5, 0.6) is 0 Å². The smallest absolute Gasteiger partial charge is 0.227 e. The number of amides is 1. The van der Waals surface area contributed by atoms with E-state index in [1.807, 2.05) is 35.2 Å². The minimum Gasteiger partial charge on any atom is -0.342 e. The van der Waals surface area contributed by atoms with Gasteiger partial charge in [-0.05, 0) is 47.2 Å². The molecular formula is C26H26FNO. The maximum absolute atomic E-state index is 13.3. The van der Waals surface area contributed by atoms with E-state index in [1.165, 1.54) is 17.7 Å². The fraction of sp³-hybridized carbons (Fsp3) is 0.269. The van der Waals surface area contributed by atoms with Crippen molar-refractivity contribution in [1.82, 2.24) is 4.90 Å². The van der Waals surface area contributed by atoms with Crippen molar-refractivity contribution >= 4 is 5.91 Å². The number of hydrogen-bond donors (Lipinski definition) is 0. The topological polar surface area (TPSA) is 20.3 Å². The van der Waals surface area contributed by atoms with E-state index < -0.39 is 0 Å². The number of carbonyl (C=O) groups excluding carboxylic acids is 1. The number of hydrogen-bond acceptors (Lipinski definition) is 1. The van der Waals surface area contributed by atoms with Crippen LogP contribution in [-0.2, 0) is 11.2 Å². The second-order valence-electron chi connectivity index (χ2n) is 7.82. The average Bonchev–Trinajstić information content (AvgIpc) is 3.02. The molecule has 1 fully saturated rings. The molecule has 3 aromatic rings. The summed E-state index contributed by atoms with van der Waals surface area (Å²) in [7, 11) is 0. The van der Waals surface area contributed by atoms with Crippen LogP contribution < -0.4 is 0 Å². The maximum Gasteiger partial charge on any atom is 0.227 e. The van der Waals surface area contributed by atoms with Crippen LogP contribution in [0.15, 0.2) is 78.9 Å². The quantitative estimate of drug-likeness (QED) is 0.551. The van der Waals surface area contributed by atoms with Crippen molar-refractivity contribution in [2.75, 3.05) is 13.1 Å². The van der Waals surface area contributed by atoms with Crippen LogP contribution in [0.1, 0.15) is 36.3 Å². The molecule has 0 spiro atoms. The van der Waals surface area contributed by atoms with Gasteiger partial charge in [-0.25, -0.2) is 4.39 Å². The first kappa shape index (κ1) is 19.4. The Labute approximate surface area is 172 Å². The van der Waals surface area contributed by atoms with E-state index >= 15 is 0 Å². The van der Waals surface area contributed by atoms with Crippen LogP contribution in [0.2, 0.25) is 0 Å². The molecule has 2 nitrogen and oxygen atoms in total. The maximum atomic E-state index is 13.3. The monoisotopic (exact) mass is 387 g/mol. The standard InChI is InChI=1S/C26H26FNO/c27-25-15-13-23(14-16-25)24-8-4-5-17-28(19-24)26(29)18-20-9-11-22(12-10-20)21-6-2-1-3-7-21/h1-3,6-7,9-16,24H,4-5,8,17-19H2. The van der Waals surface area contributed by atoms with Gasteiger partial charge in [0.1, 0.15) is 5.82 Å². The second-order valence-corrected chi connectivity index (χ2v) is 7.82. The fourth-order valence-electron chi connectivity index (χ4n) is 4.11. The van der Waals surface area contributed by atoms with E-state index in [-0.39, 0.29) is 17.6 Å². The van der Waals surface area contributed by atoms with Crippen molar-refractivity contribution in [2.24, 2.45) is 0 Å². The Hall–Kier alpha value is -2.94. The molecule has 1 heterocycles. The SMILES string of the molecule is O=C(Cc1ccc(-c2ccccc2)cc1)N1CCCCC(c2ccc(F)cc2)C1. The molecule has 0 aromatic heterocycles. The Balaban J connectivity index is 1.42. The van der Waals surface area contributed by atoms with Crippen LogP contribution in [-0.4, -0.2) is 23.9 Å². The molecule has 0 bridgehead atoms. The predicted molar refractivity (Wildman–Crippen MR) is 115 cm³/mol. The van der Waals surface area contributed by atoms with Gasteiger partial charge in [0, 0.05) is 19.0 Å². The van der Waals surface area contributed by atoms with E-state index in [4.69, 9.17) is 0 Å². The lowest BCUT2D eigenvalue weighted by atomic mass is 9.94. The minimum atomic E-state index is -0.214.